The fourth-order valence-corrected chi connectivity index (χ4v) is 2.06. The van der Waals surface area contributed by atoms with Gasteiger partial charge in [-0.2, -0.15) is 11.3 Å². The number of phenols is 1. The predicted octanol–water partition coefficient (Wildman–Crippen LogP) is 2.50. The maximum atomic E-state index is 9.31. The summed E-state index contributed by atoms with van der Waals surface area (Å²) in [5, 5.41) is 13.3. The predicted molar refractivity (Wildman–Crippen MR) is 58.5 cm³/mol. The number of hydrogen-bond donors (Lipinski definition) is 2. The Balaban J connectivity index is 2.32. The first kappa shape index (κ1) is 9.24. The van der Waals surface area contributed by atoms with Crippen molar-refractivity contribution in [3.63, 3.8) is 0 Å². The molecule has 0 bridgehead atoms. The van der Waals surface area contributed by atoms with E-state index in [-0.39, 0.29) is 11.8 Å². The average molecular weight is 205 g/mol. The van der Waals surface area contributed by atoms with Gasteiger partial charge in [-0.15, -0.1) is 0 Å². The number of benzene rings is 1. The molecule has 2 aromatic rings. The molecule has 0 saturated carbocycles. The molecule has 0 radical (unpaired) electrons. The minimum absolute atomic E-state index is 0.145. The van der Waals surface area contributed by atoms with Crippen LogP contribution >= 0.6 is 11.3 Å². The quantitative estimate of drug-likeness (QED) is 0.791. The van der Waals surface area contributed by atoms with E-state index in [1.54, 1.807) is 29.5 Å². The second-order valence-electron chi connectivity index (χ2n) is 3.13. The van der Waals surface area contributed by atoms with Gasteiger partial charge in [0, 0.05) is 0 Å². The molecule has 0 aliphatic heterocycles. The van der Waals surface area contributed by atoms with Gasteiger partial charge in [0.1, 0.15) is 5.75 Å². The summed E-state index contributed by atoms with van der Waals surface area (Å²) < 4.78 is 0. The molecule has 0 aliphatic rings. The third-order valence-corrected chi connectivity index (χ3v) is 2.83. The molecule has 1 heterocycles. The number of rotatable bonds is 2. The Morgan fingerprint density at radius 1 is 1.21 bits per heavy atom. The monoisotopic (exact) mass is 205 g/mol. The van der Waals surface area contributed by atoms with Crippen LogP contribution in [0.4, 0.5) is 0 Å². The number of thiophene rings is 1. The van der Waals surface area contributed by atoms with Crippen LogP contribution < -0.4 is 5.73 Å². The molecule has 1 aromatic carbocycles. The van der Waals surface area contributed by atoms with Crippen LogP contribution in [0.2, 0.25) is 0 Å². The van der Waals surface area contributed by atoms with Crippen LogP contribution in [0.25, 0.3) is 0 Å². The molecule has 0 unspecified atom stereocenters. The molecule has 0 spiro atoms. The van der Waals surface area contributed by atoms with E-state index in [2.05, 4.69) is 0 Å². The largest absolute Gasteiger partial charge is 0.508 e. The molecular weight excluding hydrogens is 194 g/mol. The lowest BCUT2D eigenvalue weighted by atomic mass is 10.0. The molecule has 2 rings (SSSR count). The van der Waals surface area contributed by atoms with Crippen LogP contribution in [-0.4, -0.2) is 5.11 Å². The van der Waals surface area contributed by atoms with Crippen LogP contribution in [0.3, 0.4) is 0 Å². The van der Waals surface area contributed by atoms with Crippen LogP contribution in [0, 0.1) is 0 Å². The van der Waals surface area contributed by atoms with Crippen molar-refractivity contribution in [3.05, 3.63) is 52.2 Å². The van der Waals surface area contributed by atoms with Crippen LogP contribution in [0.15, 0.2) is 41.1 Å². The van der Waals surface area contributed by atoms with Crippen molar-refractivity contribution in [3.8, 4) is 5.75 Å². The highest BCUT2D eigenvalue weighted by Crippen LogP contribution is 2.23. The van der Waals surface area contributed by atoms with Crippen molar-refractivity contribution in [2.24, 2.45) is 5.73 Å². The molecule has 3 heteroatoms. The first-order chi connectivity index (χ1) is 6.77. The van der Waals surface area contributed by atoms with Gasteiger partial charge in [-0.1, -0.05) is 12.1 Å². The Morgan fingerprint density at radius 3 is 2.71 bits per heavy atom. The van der Waals surface area contributed by atoms with Crippen LogP contribution in [0.5, 0.6) is 5.75 Å². The summed E-state index contributed by atoms with van der Waals surface area (Å²) in [5.74, 6) is 0.258. The SMILES string of the molecule is N[C@H](c1ccsc1)c1cccc(O)c1. The van der Waals surface area contributed by atoms with Crippen LogP contribution in [0.1, 0.15) is 17.2 Å². The molecule has 0 amide bonds. The standard InChI is InChI=1S/C11H11NOS/c12-11(9-4-5-14-7-9)8-2-1-3-10(13)6-8/h1-7,11,13H,12H2/t11-/m0/s1. The summed E-state index contributed by atoms with van der Waals surface area (Å²) in [7, 11) is 0. The Kier molecular flexibility index (Phi) is 2.52. The normalized spacial score (nSPS) is 12.6. The van der Waals surface area contributed by atoms with Crippen molar-refractivity contribution >= 4 is 11.3 Å². The third-order valence-electron chi connectivity index (χ3n) is 2.13. The maximum absolute atomic E-state index is 9.31. The smallest absolute Gasteiger partial charge is 0.115 e. The van der Waals surface area contributed by atoms with Crippen molar-refractivity contribution < 1.29 is 5.11 Å². The lowest BCUT2D eigenvalue weighted by Gasteiger charge is -2.10. The Morgan fingerprint density at radius 2 is 2.07 bits per heavy atom. The second-order valence-corrected chi connectivity index (χ2v) is 3.91. The van der Waals surface area contributed by atoms with E-state index in [1.165, 1.54) is 0 Å². The molecular formula is C11H11NOS. The van der Waals surface area contributed by atoms with Crippen molar-refractivity contribution in [2.75, 3.05) is 0 Å². The van der Waals surface area contributed by atoms with Gasteiger partial charge >= 0.3 is 0 Å². The van der Waals surface area contributed by atoms with Crippen LogP contribution in [-0.2, 0) is 0 Å². The van der Waals surface area contributed by atoms with Gasteiger partial charge in [-0.25, -0.2) is 0 Å². The fraction of sp³-hybridized carbons (Fsp3) is 0.0909. The fourth-order valence-electron chi connectivity index (χ4n) is 1.36. The second kappa shape index (κ2) is 3.82. The molecule has 0 saturated heterocycles. The van der Waals surface area contributed by atoms with E-state index in [4.69, 9.17) is 5.73 Å². The molecule has 2 nitrogen and oxygen atoms in total. The van der Waals surface area contributed by atoms with Gasteiger partial charge in [0.15, 0.2) is 0 Å². The lowest BCUT2D eigenvalue weighted by molar-refractivity contribution is 0.474. The zero-order valence-electron chi connectivity index (χ0n) is 7.55. The van der Waals surface area contributed by atoms with Crippen molar-refractivity contribution in [1.29, 1.82) is 0 Å². The van der Waals surface area contributed by atoms with Crippen molar-refractivity contribution in [2.45, 2.75) is 6.04 Å². The summed E-state index contributed by atoms with van der Waals surface area (Å²) in [6.07, 6.45) is 0. The average Bonchev–Trinajstić information content (AvgIpc) is 2.69. The van der Waals surface area contributed by atoms with Gasteiger partial charge in [0.05, 0.1) is 6.04 Å². The highest BCUT2D eigenvalue weighted by Gasteiger charge is 2.08. The molecule has 0 aliphatic carbocycles. The van der Waals surface area contributed by atoms with Gasteiger partial charge in [-0.3, -0.25) is 0 Å². The minimum Gasteiger partial charge on any atom is -0.508 e. The van der Waals surface area contributed by atoms with E-state index in [0.717, 1.165) is 11.1 Å². The van der Waals surface area contributed by atoms with E-state index in [9.17, 15) is 5.11 Å². The number of phenolic OH excluding ortho intramolecular Hbond substituents is 1. The highest BCUT2D eigenvalue weighted by molar-refractivity contribution is 7.08. The minimum atomic E-state index is -0.145. The zero-order valence-corrected chi connectivity index (χ0v) is 8.37. The summed E-state index contributed by atoms with van der Waals surface area (Å²) in [5.41, 5.74) is 8.04. The molecule has 3 N–H and O–H groups in total. The summed E-state index contributed by atoms with van der Waals surface area (Å²) >= 11 is 1.62. The first-order valence-electron chi connectivity index (χ1n) is 4.34. The van der Waals surface area contributed by atoms with E-state index in [0.29, 0.717) is 0 Å². The Hall–Kier alpha value is -1.32. The zero-order chi connectivity index (χ0) is 9.97. The Labute approximate surface area is 86.6 Å². The van der Waals surface area contributed by atoms with Gasteiger partial charge in [0.2, 0.25) is 0 Å². The lowest BCUT2D eigenvalue weighted by Crippen LogP contribution is -2.10. The maximum Gasteiger partial charge on any atom is 0.115 e. The topological polar surface area (TPSA) is 46.2 Å². The number of hydrogen-bond acceptors (Lipinski definition) is 3. The molecule has 0 fully saturated rings. The summed E-state index contributed by atoms with van der Waals surface area (Å²) in [4.78, 5) is 0. The third kappa shape index (κ3) is 1.78. The summed E-state index contributed by atoms with van der Waals surface area (Å²) in [6.45, 7) is 0. The number of aromatic hydroxyl groups is 1. The van der Waals surface area contributed by atoms with E-state index in [1.807, 2.05) is 22.9 Å². The van der Waals surface area contributed by atoms with Gasteiger partial charge in [0.25, 0.3) is 0 Å². The molecule has 1 atom stereocenters. The van der Waals surface area contributed by atoms with Gasteiger partial charge in [-0.05, 0) is 40.1 Å². The van der Waals surface area contributed by atoms with E-state index >= 15 is 0 Å². The first-order valence-corrected chi connectivity index (χ1v) is 5.28. The van der Waals surface area contributed by atoms with Gasteiger partial charge < -0.3 is 10.8 Å². The highest BCUT2D eigenvalue weighted by atomic mass is 32.1. The molecule has 14 heavy (non-hydrogen) atoms. The van der Waals surface area contributed by atoms with E-state index < -0.39 is 0 Å². The molecule has 72 valence electrons. The number of nitrogens with two attached hydrogens (primary N) is 1. The van der Waals surface area contributed by atoms with Crippen molar-refractivity contribution in [1.82, 2.24) is 0 Å². The summed E-state index contributed by atoms with van der Waals surface area (Å²) in [6, 6.07) is 8.91. The molecule has 1 aromatic heterocycles. The Bertz CT molecular complexity index is 411.